The van der Waals surface area contributed by atoms with E-state index in [1.165, 1.54) is 4.73 Å². The minimum Gasteiger partial charge on any atom is -0.414 e. The number of aromatic nitrogens is 5. The van der Waals surface area contributed by atoms with E-state index < -0.39 is 16.6 Å². The van der Waals surface area contributed by atoms with Gasteiger partial charge < -0.3 is 24.2 Å². The summed E-state index contributed by atoms with van der Waals surface area (Å²) in [7, 11) is -4.08. The van der Waals surface area contributed by atoms with Crippen molar-refractivity contribution in [3.05, 3.63) is 35.4 Å². The van der Waals surface area contributed by atoms with Crippen molar-refractivity contribution in [2.24, 2.45) is 0 Å². The molecule has 1 saturated heterocycles. The predicted octanol–water partition coefficient (Wildman–Crippen LogP) is 6.48. The summed E-state index contributed by atoms with van der Waals surface area (Å²) < 4.78 is 24.0. The van der Waals surface area contributed by atoms with Gasteiger partial charge in [0.25, 0.3) is 5.88 Å². The van der Waals surface area contributed by atoms with Crippen molar-refractivity contribution in [1.29, 1.82) is 0 Å². The maximum absolute atomic E-state index is 6.93. The van der Waals surface area contributed by atoms with Crippen LogP contribution < -0.4 is 10.6 Å². The minimum absolute atomic E-state index is 0.0597. The van der Waals surface area contributed by atoms with Gasteiger partial charge in [0.1, 0.15) is 17.0 Å². The minimum atomic E-state index is -2.09. The van der Waals surface area contributed by atoms with E-state index in [2.05, 4.69) is 82.7 Å². The van der Waals surface area contributed by atoms with Crippen LogP contribution in [0.15, 0.2) is 30.7 Å². The average Bonchev–Trinajstić information content (AvgIpc) is 3.41. The molecule has 0 amide bonds. The Morgan fingerprint density at radius 3 is 2.35 bits per heavy atom. The molecule has 220 valence electrons. The van der Waals surface area contributed by atoms with Crippen LogP contribution in [0.2, 0.25) is 36.3 Å². The van der Waals surface area contributed by atoms with Crippen LogP contribution in [0, 0.1) is 4.64 Å². The monoisotopic (exact) mass is 604 g/mol. The second kappa shape index (κ2) is 10.9. The summed E-state index contributed by atoms with van der Waals surface area (Å²) >= 11 is 5.37. The molecule has 40 heavy (non-hydrogen) atoms. The Bertz CT molecular complexity index is 1410. The first-order valence-electron chi connectivity index (χ1n) is 13.7. The second-order valence-electron chi connectivity index (χ2n) is 13.5. The van der Waals surface area contributed by atoms with Gasteiger partial charge in [-0.2, -0.15) is 14.7 Å². The van der Waals surface area contributed by atoms with Crippen molar-refractivity contribution < 1.29 is 18.4 Å². The van der Waals surface area contributed by atoms with Crippen LogP contribution in [0.5, 0.6) is 5.88 Å². The third-order valence-corrected chi connectivity index (χ3v) is 17.9. The van der Waals surface area contributed by atoms with Crippen LogP contribution in [0.4, 0.5) is 5.95 Å². The molecule has 13 heteroatoms. The Hall–Kier alpha value is -2.17. The number of nitrogen functional groups attached to an aromatic ring is 1. The van der Waals surface area contributed by atoms with Gasteiger partial charge in [-0.25, -0.2) is 4.98 Å². The summed E-state index contributed by atoms with van der Waals surface area (Å²) in [6, 6.07) is 5.42. The van der Waals surface area contributed by atoms with Crippen molar-refractivity contribution in [1.82, 2.24) is 24.2 Å². The zero-order chi connectivity index (χ0) is 29.7. The van der Waals surface area contributed by atoms with Crippen molar-refractivity contribution in [3.63, 3.8) is 0 Å². The number of nitrogens with zero attached hydrogens (tertiary/aromatic N) is 5. The Morgan fingerprint density at radius 2 is 1.73 bits per heavy atom. The maximum atomic E-state index is 6.93. The van der Waals surface area contributed by atoms with Crippen molar-refractivity contribution in [2.45, 2.75) is 103 Å². The fourth-order valence-corrected chi connectivity index (χ4v) is 6.52. The lowest BCUT2D eigenvalue weighted by atomic mass is 10.2. The third-order valence-electron chi connectivity index (χ3n) is 8.54. The average molecular weight is 605 g/mol. The van der Waals surface area contributed by atoms with E-state index in [1.807, 2.05) is 16.7 Å². The second-order valence-corrected chi connectivity index (χ2v) is 23.5. The van der Waals surface area contributed by atoms with Crippen molar-refractivity contribution >= 4 is 46.0 Å². The summed E-state index contributed by atoms with van der Waals surface area (Å²) in [6.07, 6.45) is 3.30. The fraction of sp³-hybridized carbons (Fsp3) is 0.630. The Kier molecular flexibility index (Phi) is 8.40. The highest BCUT2D eigenvalue weighted by Gasteiger charge is 2.47. The number of ether oxygens (including phenoxy) is 1. The smallest absolute Gasteiger partial charge is 0.279 e. The van der Waals surface area contributed by atoms with Gasteiger partial charge in [-0.3, -0.25) is 4.57 Å². The SMILES string of the molecule is CC(C)(C)[Si](C)(C)OC[C@H]1O[C@@H](n2cnc3c(On4ccccc4=S)nc(N)nc32)C[C@@H]1O[Si](C)(C)C(C)(C)C. The number of rotatable bonds is 8. The lowest BCUT2D eigenvalue weighted by Crippen LogP contribution is -2.48. The van der Waals surface area contributed by atoms with Gasteiger partial charge >= 0.3 is 0 Å². The molecule has 0 unspecified atom stereocenters. The van der Waals surface area contributed by atoms with Crippen LogP contribution in [0.3, 0.4) is 0 Å². The Labute approximate surface area is 244 Å². The number of anilines is 1. The number of imidazole rings is 1. The molecular weight excluding hydrogens is 561 g/mol. The standard InChI is InChI=1S/C27H44N6O4SSi2/c1-26(2,3)39(7,8)34-16-19-18(37-40(9,10)27(4,5)6)15-20(35-19)32-17-29-22-23(32)30-25(28)31-24(22)36-33-14-12-11-13-21(33)38/h11-14,17-20H,15-16H2,1-10H3,(H2,28,30,31)/t18-,19+,20+/m0/s1. The molecule has 2 N–H and O–H groups in total. The molecule has 0 bridgehead atoms. The highest BCUT2D eigenvalue weighted by Crippen LogP contribution is 2.43. The molecule has 4 rings (SSSR count). The molecule has 3 aromatic rings. The summed E-state index contributed by atoms with van der Waals surface area (Å²) in [5, 5.41) is 0.151. The first-order chi connectivity index (χ1) is 18.4. The number of hydrogen-bond acceptors (Lipinski definition) is 9. The first-order valence-corrected chi connectivity index (χ1v) is 20.0. The van der Waals surface area contributed by atoms with E-state index in [1.54, 1.807) is 18.6 Å². The molecule has 0 aromatic carbocycles. The molecule has 1 fully saturated rings. The fourth-order valence-electron chi connectivity index (χ4n) is 3.97. The van der Waals surface area contributed by atoms with Gasteiger partial charge in [-0.05, 0) is 48.4 Å². The molecule has 3 atom stereocenters. The maximum Gasteiger partial charge on any atom is 0.279 e. The molecule has 0 aliphatic carbocycles. The quantitative estimate of drug-likeness (QED) is 0.228. The molecule has 10 nitrogen and oxygen atoms in total. The Morgan fingerprint density at radius 1 is 1.05 bits per heavy atom. The number of hydrogen-bond donors (Lipinski definition) is 1. The number of fused-ring (bicyclic) bond motifs is 1. The lowest BCUT2D eigenvalue weighted by Gasteiger charge is -2.40. The summed E-state index contributed by atoms with van der Waals surface area (Å²) in [4.78, 5) is 19.3. The topological polar surface area (TPSA) is 111 Å². The third kappa shape index (κ3) is 6.34. The van der Waals surface area contributed by atoms with Crippen LogP contribution in [-0.2, 0) is 13.6 Å². The molecule has 4 heterocycles. The van der Waals surface area contributed by atoms with E-state index in [9.17, 15) is 0 Å². The van der Waals surface area contributed by atoms with E-state index in [0.717, 1.165) is 0 Å². The van der Waals surface area contributed by atoms with Crippen molar-refractivity contribution in [3.8, 4) is 5.88 Å². The Balaban J connectivity index is 1.66. The van der Waals surface area contributed by atoms with Crippen LogP contribution in [0.25, 0.3) is 11.2 Å². The van der Waals surface area contributed by atoms with Crippen LogP contribution in [-0.4, -0.2) is 59.7 Å². The van der Waals surface area contributed by atoms with Crippen LogP contribution in [0.1, 0.15) is 54.2 Å². The van der Waals surface area contributed by atoms with Gasteiger partial charge in [0.2, 0.25) is 5.95 Å². The van der Waals surface area contributed by atoms with Gasteiger partial charge in [0.15, 0.2) is 27.8 Å². The zero-order valence-electron chi connectivity index (χ0n) is 25.4. The van der Waals surface area contributed by atoms with E-state index in [-0.39, 0.29) is 40.3 Å². The molecule has 1 aliphatic rings. The highest BCUT2D eigenvalue weighted by molar-refractivity contribution is 7.71. The van der Waals surface area contributed by atoms with Crippen LogP contribution >= 0.6 is 12.2 Å². The summed E-state index contributed by atoms with van der Waals surface area (Å²) in [6.45, 7) is 23.0. The summed E-state index contributed by atoms with van der Waals surface area (Å²) in [5.74, 6) is 0.282. The predicted molar refractivity (Wildman–Crippen MR) is 165 cm³/mol. The lowest BCUT2D eigenvalue weighted by molar-refractivity contribution is -0.0383. The molecule has 1 aliphatic heterocycles. The number of pyridine rings is 1. The molecule has 0 saturated carbocycles. The van der Waals surface area contributed by atoms with E-state index >= 15 is 0 Å². The van der Waals surface area contributed by atoms with Gasteiger partial charge in [0.05, 0.1) is 19.0 Å². The molecule has 3 aromatic heterocycles. The number of nitrogens with two attached hydrogens (primary N) is 1. The normalized spacial score (nSPS) is 20.8. The molecule has 0 radical (unpaired) electrons. The first kappa shape index (κ1) is 30.8. The van der Waals surface area contributed by atoms with E-state index in [0.29, 0.717) is 28.8 Å². The van der Waals surface area contributed by atoms with E-state index in [4.69, 9.17) is 36.4 Å². The largest absolute Gasteiger partial charge is 0.414 e. The van der Waals surface area contributed by atoms with Gasteiger partial charge in [-0.15, -0.1) is 0 Å². The summed E-state index contributed by atoms with van der Waals surface area (Å²) in [5.41, 5.74) is 7.10. The van der Waals surface area contributed by atoms with Crippen molar-refractivity contribution in [2.75, 3.05) is 12.3 Å². The molecular formula is C27H44N6O4SSi2. The molecule has 0 spiro atoms. The zero-order valence-corrected chi connectivity index (χ0v) is 28.2. The van der Waals surface area contributed by atoms with Gasteiger partial charge in [-0.1, -0.05) is 59.8 Å². The van der Waals surface area contributed by atoms with Gasteiger partial charge in [0, 0.05) is 12.6 Å². The highest BCUT2D eigenvalue weighted by atomic mass is 32.1.